The van der Waals surface area contributed by atoms with Gasteiger partial charge >= 0.3 is 6.09 Å². The van der Waals surface area contributed by atoms with Crippen molar-refractivity contribution in [2.24, 2.45) is 5.92 Å². The smallest absolute Gasteiger partial charge is 0.410 e. The van der Waals surface area contributed by atoms with Gasteiger partial charge in [0.1, 0.15) is 5.60 Å². The first-order chi connectivity index (χ1) is 10.3. The van der Waals surface area contributed by atoms with Gasteiger partial charge in [0.2, 0.25) is 0 Å². The third-order valence-electron chi connectivity index (χ3n) is 3.90. The summed E-state index contributed by atoms with van der Waals surface area (Å²) < 4.78 is 5.46. The average molecular weight is 308 g/mol. The van der Waals surface area contributed by atoms with Gasteiger partial charge in [-0.15, -0.1) is 0 Å². The van der Waals surface area contributed by atoms with Crippen LogP contribution in [0, 0.1) is 5.92 Å². The molecule has 0 radical (unpaired) electrons. The van der Waals surface area contributed by atoms with E-state index >= 15 is 0 Å². The highest BCUT2D eigenvalue weighted by atomic mass is 16.6. The lowest BCUT2D eigenvalue weighted by atomic mass is 9.98. The Hall–Kier alpha value is -1.56. The quantitative estimate of drug-likeness (QED) is 0.897. The summed E-state index contributed by atoms with van der Waals surface area (Å²) in [5.41, 5.74) is 0.720. The van der Waals surface area contributed by atoms with Crippen molar-refractivity contribution < 1.29 is 9.53 Å². The average Bonchev–Trinajstić information content (AvgIpc) is 2.97. The molecule has 1 amide bonds. The number of amides is 1. The topological polar surface area (TPSA) is 70.2 Å². The number of rotatable bonds is 4. The first-order valence-electron chi connectivity index (χ1n) is 8.05. The summed E-state index contributed by atoms with van der Waals surface area (Å²) in [4.78, 5) is 14.0. The molecule has 1 fully saturated rings. The van der Waals surface area contributed by atoms with Crippen LogP contribution in [0.25, 0.3) is 0 Å². The van der Waals surface area contributed by atoms with Gasteiger partial charge in [-0.25, -0.2) is 4.79 Å². The van der Waals surface area contributed by atoms with Crippen molar-refractivity contribution in [3.8, 4) is 0 Å². The predicted molar refractivity (Wildman–Crippen MR) is 85.5 cm³/mol. The first kappa shape index (κ1) is 16.8. The van der Waals surface area contributed by atoms with Crippen molar-refractivity contribution in [3.05, 3.63) is 18.0 Å². The van der Waals surface area contributed by atoms with E-state index in [0.29, 0.717) is 5.92 Å². The lowest BCUT2D eigenvalue weighted by Crippen LogP contribution is -2.45. The fourth-order valence-electron chi connectivity index (χ4n) is 2.68. The summed E-state index contributed by atoms with van der Waals surface area (Å²) in [5.74, 6) is 0.468. The Balaban J connectivity index is 1.79. The van der Waals surface area contributed by atoms with Crippen LogP contribution in [0.2, 0.25) is 0 Å². The van der Waals surface area contributed by atoms with Crippen LogP contribution in [-0.4, -0.2) is 46.4 Å². The Morgan fingerprint density at radius 1 is 1.59 bits per heavy atom. The van der Waals surface area contributed by atoms with Gasteiger partial charge in [-0.1, -0.05) is 0 Å². The fraction of sp³-hybridized carbons (Fsp3) is 0.750. The van der Waals surface area contributed by atoms with E-state index in [0.717, 1.165) is 38.0 Å². The number of piperidine rings is 1. The molecule has 124 valence electrons. The first-order valence-corrected chi connectivity index (χ1v) is 8.05. The van der Waals surface area contributed by atoms with Gasteiger partial charge in [0, 0.05) is 37.4 Å². The second-order valence-electron chi connectivity index (χ2n) is 7.10. The number of H-pyrrole nitrogens is 1. The van der Waals surface area contributed by atoms with Gasteiger partial charge in [0.15, 0.2) is 0 Å². The zero-order valence-corrected chi connectivity index (χ0v) is 14.1. The van der Waals surface area contributed by atoms with Crippen molar-refractivity contribution >= 4 is 6.09 Å². The highest BCUT2D eigenvalue weighted by Crippen LogP contribution is 2.20. The number of likely N-dealkylation sites (tertiary alicyclic amines) is 1. The molecule has 6 nitrogen and oxygen atoms in total. The maximum Gasteiger partial charge on any atom is 0.410 e. The standard InChI is InChI=1S/C16H28N4O2/c1-12(14-9-18-19-10-14)17-8-13-6-5-7-20(11-13)15(21)22-16(2,3)4/h9-10,12-13,17H,5-8,11H2,1-4H3,(H,18,19). The molecule has 6 heteroatoms. The van der Waals surface area contributed by atoms with Gasteiger partial charge < -0.3 is 15.0 Å². The molecule has 2 heterocycles. The highest BCUT2D eigenvalue weighted by Gasteiger charge is 2.27. The number of ether oxygens (including phenoxy) is 1. The second kappa shape index (κ2) is 7.13. The monoisotopic (exact) mass is 308 g/mol. The number of nitrogens with one attached hydrogen (secondary N) is 2. The van der Waals surface area contributed by atoms with Crippen LogP contribution in [0.1, 0.15) is 52.1 Å². The van der Waals surface area contributed by atoms with Gasteiger partial charge in [0.05, 0.1) is 6.20 Å². The summed E-state index contributed by atoms with van der Waals surface area (Å²) in [6.07, 6.45) is 5.73. The molecule has 1 aliphatic heterocycles. The Morgan fingerprint density at radius 3 is 3.00 bits per heavy atom. The summed E-state index contributed by atoms with van der Waals surface area (Å²) in [6.45, 7) is 10.3. The third kappa shape index (κ3) is 5.02. The largest absolute Gasteiger partial charge is 0.444 e. The van der Waals surface area contributed by atoms with E-state index in [2.05, 4.69) is 22.4 Å². The SMILES string of the molecule is CC(NCC1CCCN(C(=O)OC(C)(C)C)C1)c1cn[nH]c1. The van der Waals surface area contributed by atoms with Crippen LogP contribution < -0.4 is 5.32 Å². The predicted octanol–water partition coefficient (Wildman–Crippen LogP) is 2.71. The molecule has 1 aromatic rings. The van der Waals surface area contributed by atoms with Crippen LogP contribution >= 0.6 is 0 Å². The van der Waals surface area contributed by atoms with Crippen molar-refractivity contribution in [1.82, 2.24) is 20.4 Å². The van der Waals surface area contributed by atoms with Crippen molar-refractivity contribution in [2.75, 3.05) is 19.6 Å². The highest BCUT2D eigenvalue weighted by molar-refractivity contribution is 5.68. The molecule has 1 aliphatic rings. The molecule has 0 saturated carbocycles. The number of hydrogen-bond acceptors (Lipinski definition) is 4. The Labute approximate surface area is 132 Å². The molecule has 0 spiro atoms. The van der Waals surface area contributed by atoms with Gasteiger partial charge in [-0.2, -0.15) is 5.10 Å². The lowest BCUT2D eigenvalue weighted by molar-refractivity contribution is 0.0165. The van der Waals surface area contributed by atoms with Crippen LogP contribution in [0.15, 0.2) is 12.4 Å². The maximum absolute atomic E-state index is 12.2. The second-order valence-corrected chi connectivity index (χ2v) is 7.10. The Morgan fingerprint density at radius 2 is 2.36 bits per heavy atom. The molecular weight excluding hydrogens is 280 g/mol. The molecule has 1 saturated heterocycles. The number of aromatic amines is 1. The van der Waals surface area contributed by atoms with E-state index in [1.54, 1.807) is 0 Å². The molecule has 2 N–H and O–H groups in total. The summed E-state index contributed by atoms with van der Waals surface area (Å²) in [7, 11) is 0. The van der Waals surface area contributed by atoms with Crippen LogP contribution in [0.4, 0.5) is 4.79 Å². The molecule has 0 aromatic carbocycles. The molecule has 0 aliphatic carbocycles. The Kier molecular flexibility index (Phi) is 5.45. The van der Waals surface area contributed by atoms with E-state index in [9.17, 15) is 4.79 Å². The summed E-state index contributed by atoms with van der Waals surface area (Å²) in [5, 5.41) is 10.3. The molecular formula is C16H28N4O2. The van der Waals surface area contributed by atoms with E-state index in [-0.39, 0.29) is 12.1 Å². The van der Waals surface area contributed by atoms with Crippen molar-refractivity contribution in [1.29, 1.82) is 0 Å². The number of aromatic nitrogens is 2. The van der Waals surface area contributed by atoms with E-state index < -0.39 is 5.60 Å². The summed E-state index contributed by atoms with van der Waals surface area (Å²) in [6, 6.07) is 0.260. The number of hydrogen-bond donors (Lipinski definition) is 2. The third-order valence-corrected chi connectivity index (χ3v) is 3.90. The molecule has 1 aromatic heterocycles. The minimum Gasteiger partial charge on any atom is -0.444 e. The van der Waals surface area contributed by atoms with Crippen molar-refractivity contribution in [2.45, 2.75) is 52.2 Å². The van der Waals surface area contributed by atoms with Crippen LogP contribution in [-0.2, 0) is 4.74 Å². The molecule has 2 unspecified atom stereocenters. The zero-order chi connectivity index (χ0) is 16.2. The molecule has 22 heavy (non-hydrogen) atoms. The van der Waals surface area contributed by atoms with Crippen molar-refractivity contribution in [3.63, 3.8) is 0 Å². The minimum atomic E-state index is -0.432. The fourth-order valence-corrected chi connectivity index (χ4v) is 2.68. The zero-order valence-electron chi connectivity index (χ0n) is 14.1. The lowest BCUT2D eigenvalue weighted by Gasteiger charge is -2.34. The van der Waals surface area contributed by atoms with E-state index in [4.69, 9.17) is 4.74 Å². The number of carbonyl (C=O) groups excluding carboxylic acids is 1. The summed E-state index contributed by atoms with van der Waals surface area (Å²) >= 11 is 0. The Bertz CT molecular complexity index is 467. The van der Waals surface area contributed by atoms with E-state index in [1.165, 1.54) is 0 Å². The minimum absolute atomic E-state index is 0.194. The molecule has 2 atom stereocenters. The maximum atomic E-state index is 12.2. The van der Waals surface area contributed by atoms with Gasteiger partial charge in [0.25, 0.3) is 0 Å². The number of nitrogens with zero attached hydrogens (tertiary/aromatic N) is 2. The molecule has 2 rings (SSSR count). The van der Waals surface area contributed by atoms with Gasteiger partial charge in [-0.3, -0.25) is 5.10 Å². The van der Waals surface area contributed by atoms with Crippen LogP contribution in [0.5, 0.6) is 0 Å². The molecule has 0 bridgehead atoms. The van der Waals surface area contributed by atoms with Gasteiger partial charge in [-0.05, 0) is 46.5 Å². The van der Waals surface area contributed by atoms with E-state index in [1.807, 2.05) is 38.1 Å². The normalized spacial score (nSPS) is 20.7. The van der Waals surface area contributed by atoms with Crippen LogP contribution in [0.3, 0.4) is 0 Å². The number of carbonyl (C=O) groups is 1.